The number of benzene rings is 1. The second-order valence-corrected chi connectivity index (χ2v) is 6.83. The van der Waals surface area contributed by atoms with Crippen LogP contribution in [0.25, 0.3) is 0 Å². The van der Waals surface area contributed by atoms with Crippen molar-refractivity contribution in [1.29, 1.82) is 0 Å². The van der Waals surface area contributed by atoms with Crippen LogP contribution < -0.4 is 10.6 Å². The van der Waals surface area contributed by atoms with Crippen molar-refractivity contribution in [1.82, 2.24) is 9.97 Å². The third-order valence-electron chi connectivity index (χ3n) is 4.39. The summed E-state index contributed by atoms with van der Waals surface area (Å²) in [5, 5.41) is 5.61. The molecule has 5 nitrogen and oxygen atoms in total. The molecular formula is C18H18ClF3N4O. The minimum Gasteiger partial charge on any atom is -0.351 e. The number of carbonyl (C=O) groups excluding carboxylic acids is 1. The zero-order chi connectivity index (χ0) is 19.4. The van der Waals surface area contributed by atoms with Crippen molar-refractivity contribution in [3.63, 3.8) is 0 Å². The van der Waals surface area contributed by atoms with E-state index in [0.29, 0.717) is 12.0 Å². The second-order valence-electron chi connectivity index (χ2n) is 6.42. The minimum absolute atomic E-state index is 0.00727. The quantitative estimate of drug-likeness (QED) is 0.747. The fourth-order valence-electron chi connectivity index (χ4n) is 2.94. The zero-order valence-electron chi connectivity index (χ0n) is 14.3. The average Bonchev–Trinajstić information content (AvgIpc) is 2.64. The van der Waals surface area contributed by atoms with E-state index in [1.54, 1.807) is 0 Å². The number of amides is 1. The number of rotatable bonds is 4. The van der Waals surface area contributed by atoms with Crippen LogP contribution in [0.1, 0.15) is 48.0 Å². The van der Waals surface area contributed by atoms with Gasteiger partial charge in [-0.05, 0) is 31.0 Å². The van der Waals surface area contributed by atoms with Crippen LogP contribution in [0.2, 0.25) is 5.02 Å². The maximum atomic E-state index is 12.8. The van der Waals surface area contributed by atoms with Crippen LogP contribution in [0.4, 0.5) is 24.8 Å². The molecular weight excluding hydrogens is 381 g/mol. The van der Waals surface area contributed by atoms with Crippen molar-refractivity contribution < 1.29 is 18.0 Å². The molecule has 0 spiro atoms. The predicted octanol–water partition coefficient (Wildman–Crippen LogP) is 5.15. The highest BCUT2D eigenvalue weighted by molar-refractivity contribution is 6.34. The lowest BCUT2D eigenvalue weighted by Crippen LogP contribution is -2.23. The van der Waals surface area contributed by atoms with Crippen LogP contribution in [0.15, 0.2) is 30.6 Å². The molecule has 0 atom stereocenters. The van der Waals surface area contributed by atoms with Gasteiger partial charge in [-0.25, -0.2) is 9.97 Å². The molecule has 1 aromatic heterocycles. The van der Waals surface area contributed by atoms with Gasteiger partial charge in [-0.3, -0.25) is 4.79 Å². The van der Waals surface area contributed by atoms with Crippen LogP contribution in [0, 0.1) is 0 Å². The van der Waals surface area contributed by atoms with Crippen LogP contribution >= 0.6 is 11.6 Å². The van der Waals surface area contributed by atoms with E-state index in [1.165, 1.54) is 18.8 Å². The highest BCUT2D eigenvalue weighted by atomic mass is 35.5. The number of halogens is 4. The first-order valence-electron chi connectivity index (χ1n) is 8.59. The number of aromatic nitrogens is 2. The molecule has 0 bridgehead atoms. The molecule has 1 aliphatic carbocycles. The standard InChI is InChI=1S/C18H18ClF3N4O/c19-14-7-6-12(18(20,21)22)8-15(14)26-16(27)11-9-23-17(24-10-11)25-13-4-2-1-3-5-13/h6-10,13H,1-5H2,(H,26,27)(H,23,24,25). The summed E-state index contributed by atoms with van der Waals surface area (Å²) in [4.78, 5) is 20.5. The van der Waals surface area contributed by atoms with Gasteiger partial charge >= 0.3 is 6.18 Å². The Morgan fingerprint density at radius 3 is 2.41 bits per heavy atom. The highest BCUT2D eigenvalue weighted by Crippen LogP contribution is 2.34. The summed E-state index contributed by atoms with van der Waals surface area (Å²) in [6.45, 7) is 0. The van der Waals surface area contributed by atoms with Gasteiger partial charge < -0.3 is 10.6 Å². The normalized spacial score (nSPS) is 15.4. The number of carbonyl (C=O) groups is 1. The Bertz CT molecular complexity index is 805. The van der Waals surface area contributed by atoms with Crippen LogP contribution in [-0.2, 0) is 6.18 Å². The number of nitrogens with zero attached hydrogens (tertiary/aromatic N) is 2. The fourth-order valence-corrected chi connectivity index (χ4v) is 3.11. The van der Waals surface area contributed by atoms with E-state index < -0.39 is 17.6 Å². The number of hydrogen-bond acceptors (Lipinski definition) is 4. The molecule has 1 saturated carbocycles. The third kappa shape index (κ3) is 5.09. The maximum absolute atomic E-state index is 12.8. The Balaban J connectivity index is 1.67. The first-order valence-corrected chi connectivity index (χ1v) is 8.97. The molecule has 3 rings (SSSR count). The van der Waals surface area contributed by atoms with Crippen molar-refractivity contribution >= 4 is 29.1 Å². The van der Waals surface area contributed by atoms with E-state index in [2.05, 4.69) is 20.6 Å². The van der Waals surface area contributed by atoms with E-state index in [1.807, 2.05) is 0 Å². The first kappa shape index (κ1) is 19.4. The van der Waals surface area contributed by atoms with Gasteiger partial charge in [0.25, 0.3) is 5.91 Å². The molecule has 1 amide bonds. The van der Waals surface area contributed by atoms with Gasteiger partial charge in [-0.2, -0.15) is 13.2 Å². The Morgan fingerprint density at radius 2 is 1.78 bits per heavy atom. The summed E-state index contributed by atoms with van der Waals surface area (Å²) in [7, 11) is 0. The van der Waals surface area contributed by atoms with Gasteiger partial charge in [-0.15, -0.1) is 0 Å². The van der Waals surface area contributed by atoms with E-state index >= 15 is 0 Å². The molecule has 1 aliphatic rings. The molecule has 144 valence electrons. The summed E-state index contributed by atoms with van der Waals surface area (Å²) in [6.07, 6.45) is 3.80. The van der Waals surface area contributed by atoms with Crippen molar-refractivity contribution in [2.45, 2.75) is 44.3 Å². The molecule has 2 N–H and O–H groups in total. The van der Waals surface area contributed by atoms with Gasteiger partial charge in [0.1, 0.15) is 0 Å². The van der Waals surface area contributed by atoms with Gasteiger partial charge in [0, 0.05) is 18.4 Å². The van der Waals surface area contributed by atoms with Gasteiger partial charge in [0.05, 0.1) is 21.8 Å². The predicted molar refractivity (Wildman–Crippen MR) is 96.9 cm³/mol. The topological polar surface area (TPSA) is 66.9 Å². The van der Waals surface area contributed by atoms with Crippen LogP contribution in [-0.4, -0.2) is 21.9 Å². The molecule has 27 heavy (non-hydrogen) atoms. The van der Waals surface area contributed by atoms with Crippen LogP contribution in [0.5, 0.6) is 0 Å². The monoisotopic (exact) mass is 398 g/mol. The Labute approximate surface area is 159 Å². The molecule has 1 fully saturated rings. The summed E-state index contributed by atoms with van der Waals surface area (Å²) in [5.74, 6) is -0.212. The molecule has 0 radical (unpaired) electrons. The smallest absolute Gasteiger partial charge is 0.351 e. The van der Waals surface area contributed by atoms with E-state index in [9.17, 15) is 18.0 Å². The second kappa shape index (κ2) is 8.12. The highest BCUT2D eigenvalue weighted by Gasteiger charge is 2.31. The third-order valence-corrected chi connectivity index (χ3v) is 4.72. The van der Waals surface area contributed by atoms with Crippen molar-refractivity contribution in [3.8, 4) is 0 Å². The van der Waals surface area contributed by atoms with E-state index in [4.69, 9.17) is 11.6 Å². The molecule has 1 heterocycles. The SMILES string of the molecule is O=C(Nc1cc(C(F)(F)F)ccc1Cl)c1cnc(NC2CCCCC2)nc1. The summed E-state index contributed by atoms with van der Waals surface area (Å²) < 4.78 is 38.4. The van der Waals surface area contributed by atoms with Crippen molar-refractivity contribution in [3.05, 3.63) is 46.7 Å². The summed E-state index contributed by atoms with van der Waals surface area (Å²) in [5.41, 5.74) is -0.899. The summed E-state index contributed by atoms with van der Waals surface area (Å²) in [6, 6.07) is 3.06. The van der Waals surface area contributed by atoms with Crippen molar-refractivity contribution in [2.24, 2.45) is 0 Å². The molecule has 2 aromatic rings. The van der Waals surface area contributed by atoms with Gasteiger partial charge in [0.2, 0.25) is 5.95 Å². The lowest BCUT2D eigenvalue weighted by molar-refractivity contribution is -0.137. The molecule has 0 unspecified atom stereocenters. The molecule has 0 aliphatic heterocycles. The number of anilines is 2. The molecule has 0 saturated heterocycles. The first-order chi connectivity index (χ1) is 12.8. The summed E-state index contributed by atoms with van der Waals surface area (Å²) >= 11 is 5.89. The van der Waals surface area contributed by atoms with Crippen LogP contribution in [0.3, 0.4) is 0 Å². The Morgan fingerprint density at radius 1 is 1.11 bits per heavy atom. The van der Waals surface area contributed by atoms with Crippen molar-refractivity contribution in [2.75, 3.05) is 10.6 Å². The lowest BCUT2D eigenvalue weighted by Gasteiger charge is -2.22. The average molecular weight is 399 g/mol. The largest absolute Gasteiger partial charge is 0.416 e. The van der Waals surface area contributed by atoms with Gasteiger partial charge in [-0.1, -0.05) is 30.9 Å². The minimum atomic E-state index is -4.53. The Kier molecular flexibility index (Phi) is 5.84. The number of nitrogens with one attached hydrogen (secondary N) is 2. The van der Waals surface area contributed by atoms with Gasteiger partial charge in [0.15, 0.2) is 0 Å². The number of hydrogen-bond donors (Lipinski definition) is 2. The molecule has 9 heteroatoms. The van der Waals surface area contributed by atoms with E-state index in [0.717, 1.165) is 43.9 Å². The van der Waals surface area contributed by atoms with E-state index in [-0.39, 0.29) is 16.3 Å². The number of alkyl halides is 3. The Hall–Kier alpha value is -2.35. The zero-order valence-corrected chi connectivity index (χ0v) is 15.1. The fraction of sp³-hybridized carbons (Fsp3) is 0.389. The molecule has 1 aromatic carbocycles. The maximum Gasteiger partial charge on any atom is 0.416 e. The lowest BCUT2D eigenvalue weighted by atomic mass is 9.96.